The molecule has 126 valence electrons. The normalized spacial score (nSPS) is 16.3. The zero-order chi connectivity index (χ0) is 16.8. The molecule has 1 atom stereocenters. The highest BCUT2D eigenvalue weighted by molar-refractivity contribution is 6.35. The van der Waals surface area contributed by atoms with Crippen molar-refractivity contribution in [2.75, 3.05) is 20.6 Å². The summed E-state index contributed by atoms with van der Waals surface area (Å²) in [6, 6.07) is 7.58. The summed E-state index contributed by atoms with van der Waals surface area (Å²) in [6.07, 6.45) is 4.14. The molecule has 1 aromatic carbocycles. The fourth-order valence-electron chi connectivity index (χ4n) is 2.91. The Morgan fingerprint density at radius 2 is 1.87 bits per heavy atom. The van der Waals surface area contributed by atoms with Crippen LogP contribution in [0.5, 0.6) is 0 Å². The van der Waals surface area contributed by atoms with Crippen LogP contribution in [0.1, 0.15) is 37.3 Å². The van der Waals surface area contributed by atoms with Gasteiger partial charge in [0.2, 0.25) is 0 Å². The van der Waals surface area contributed by atoms with Crippen molar-refractivity contribution in [2.24, 2.45) is 0 Å². The monoisotopic (exact) mass is 337 g/mol. The lowest BCUT2D eigenvalue weighted by Crippen LogP contribution is -2.45. The predicted molar refractivity (Wildman–Crippen MR) is 91.3 cm³/mol. The average molecular weight is 338 g/mol. The summed E-state index contributed by atoms with van der Waals surface area (Å²) in [7, 11) is 3.83. The summed E-state index contributed by atoms with van der Waals surface area (Å²) in [5.41, 5.74) is 0.927. The van der Waals surface area contributed by atoms with Crippen molar-refractivity contribution in [3.8, 4) is 0 Å². The maximum atomic E-state index is 12.0. The van der Waals surface area contributed by atoms with E-state index in [-0.39, 0.29) is 12.1 Å². The Bertz CT molecular complexity index is 557. The zero-order valence-corrected chi connectivity index (χ0v) is 14.4. The van der Waals surface area contributed by atoms with Gasteiger partial charge in [-0.25, -0.2) is 0 Å². The summed E-state index contributed by atoms with van der Waals surface area (Å²) >= 11 is 6.24. The predicted octanol–water partition coefficient (Wildman–Crippen LogP) is 2.12. The smallest absolute Gasteiger partial charge is 0.309 e. The number of amides is 2. The van der Waals surface area contributed by atoms with Crippen LogP contribution in [-0.2, 0) is 9.59 Å². The van der Waals surface area contributed by atoms with E-state index < -0.39 is 11.8 Å². The van der Waals surface area contributed by atoms with Gasteiger partial charge in [0, 0.05) is 17.6 Å². The van der Waals surface area contributed by atoms with Gasteiger partial charge in [0.1, 0.15) is 0 Å². The largest absolute Gasteiger partial charge is 0.346 e. The zero-order valence-electron chi connectivity index (χ0n) is 13.6. The molecular formula is C17H24ClN3O2. The SMILES string of the molecule is CN(C)[C@@H](CNC(=O)C(=O)NC1CCCC1)c1ccccc1Cl. The van der Waals surface area contributed by atoms with Crippen LogP contribution in [0.2, 0.25) is 5.02 Å². The van der Waals surface area contributed by atoms with Crippen molar-refractivity contribution < 1.29 is 9.59 Å². The minimum absolute atomic E-state index is 0.0908. The maximum Gasteiger partial charge on any atom is 0.309 e. The second-order valence-electron chi connectivity index (χ2n) is 6.17. The molecule has 23 heavy (non-hydrogen) atoms. The van der Waals surface area contributed by atoms with E-state index in [0.29, 0.717) is 11.6 Å². The van der Waals surface area contributed by atoms with Gasteiger partial charge in [-0.15, -0.1) is 0 Å². The van der Waals surface area contributed by atoms with Gasteiger partial charge in [0.05, 0.1) is 6.04 Å². The van der Waals surface area contributed by atoms with Crippen LogP contribution in [0.15, 0.2) is 24.3 Å². The molecule has 0 aliphatic heterocycles. The van der Waals surface area contributed by atoms with Gasteiger partial charge in [0.15, 0.2) is 0 Å². The van der Waals surface area contributed by atoms with Crippen LogP contribution in [0.3, 0.4) is 0 Å². The third-order valence-corrected chi connectivity index (χ3v) is 4.58. The van der Waals surface area contributed by atoms with E-state index in [1.54, 1.807) is 0 Å². The molecule has 1 aliphatic carbocycles. The number of nitrogens with one attached hydrogen (secondary N) is 2. The van der Waals surface area contributed by atoms with Gasteiger partial charge in [-0.1, -0.05) is 42.6 Å². The molecule has 1 fully saturated rings. The highest BCUT2D eigenvalue weighted by Gasteiger charge is 2.23. The van der Waals surface area contributed by atoms with Crippen LogP contribution < -0.4 is 10.6 Å². The lowest BCUT2D eigenvalue weighted by atomic mass is 10.1. The number of nitrogens with zero attached hydrogens (tertiary/aromatic N) is 1. The molecular weight excluding hydrogens is 314 g/mol. The van der Waals surface area contributed by atoms with E-state index in [1.165, 1.54) is 0 Å². The molecule has 2 N–H and O–H groups in total. The highest BCUT2D eigenvalue weighted by atomic mass is 35.5. The van der Waals surface area contributed by atoms with Crippen LogP contribution in [0, 0.1) is 0 Å². The first-order valence-electron chi connectivity index (χ1n) is 7.98. The van der Waals surface area contributed by atoms with Crippen molar-refractivity contribution in [3.63, 3.8) is 0 Å². The van der Waals surface area contributed by atoms with E-state index >= 15 is 0 Å². The number of hydrogen-bond acceptors (Lipinski definition) is 3. The van der Waals surface area contributed by atoms with Gasteiger partial charge < -0.3 is 15.5 Å². The maximum absolute atomic E-state index is 12.0. The molecule has 2 rings (SSSR count). The van der Waals surface area contributed by atoms with Gasteiger partial charge in [-0.05, 0) is 38.6 Å². The summed E-state index contributed by atoms with van der Waals surface area (Å²) in [5, 5.41) is 6.15. The molecule has 6 heteroatoms. The Morgan fingerprint density at radius 1 is 1.22 bits per heavy atom. The number of benzene rings is 1. The van der Waals surface area contributed by atoms with Crippen molar-refractivity contribution >= 4 is 23.4 Å². The second kappa shape index (κ2) is 8.31. The molecule has 0 heterocycles. The number of carbonyl (C=O) groups is 2. The molecule has 0 bridgehead atoms. The molecule has 1 aromatic rings. The average Bonchev–Trinajstić information content (AvgIpc) is 3.01. The van der Waals surface area contributed by atoms with Crippen molar-refractivity contribution in [3.05, 3.63) is 34.9 Å². The van der Waals surface area contributed by atoms with E-state index in [1.807, 2.05) is 43.3 Å². The molecule has 0 spiro atoms. The van der Waals surface area contributed by atoms with Crippen LogP contribution in [0.4, 0.5) is 0 Å². The molecule has 2 amide bonds. The summed E-state index contributed by atoms with van der Waals surface area (Å²) < 4.78 is 0. The molecule has 0 unspecified atom stereocenters. The van der Waals surface area contributed by atoms with Gasteiger partial charge in [-0.3, -0.25) is 9.59 Å². The van der Waals surface area contributed by atoms with E-state index in [9.17, 15) is 9.59 Å². The molecule has 1 saturated carbocycles. The number of likely N-dealkylation sites (N-methyl/N-ethyl adjacent to an activating group) is 1. The number of halogens is 1. The standard InChI is InChI=1S/C17H24ClN3O2/c1-21(2)15(13-9-5-6-10-14(13)18)11-19-16(22)17(23)20-12-7-3-4-8-12/h5-6,9-10,12,15H,3-4,7-8,11H2,1-2H3,(H,19,22)(H,20,23)/t15-/m0/s1. The van der Waals surface area contributed by atoms with Gasteiger partial charge in [-0.2, -0.15) is 0 Å². The number of rotatable bonds is 5. The fraction of sp³-hybridized carbons (Fsp3) is 0.529. The first-order chi connectivity index (χ1) is 11.0. The molecule has 0 radical (unpaired) electrons. The first kappa shape index (κ1) is 17.8. The number of carbonyl (C=O) groups excluding carboxylic acids is 2. The Kier molecular flexibility index (Phi) is 6.42. The molecule has 0 aromatic heterocycles. The topological polar surface area (TPSA) is 61.4 Å². The molecule has 1 aliphatic rings. The van der Waals surface area contributed by atoms with Crippen LogP contribution in [-0.4, -0.2) is 43.4 Å². The Labute approximate surface area is 142 Å². The van der Waals surface area contributed by atoms with Crippen LogP contribution >= 0.6 is 11.6 Å². The van der Waals surface area contributed by atoms with Gasteiger partial charge in [0.25, 0.3) is 0 Å². The Hall–Kier alpha value is -1.59. The van der Waals surface area contributed by atoms with Crippen molar-refractivity contribution in [1.29, 1.82) is 0 Å². The number of hydrogen-bond donors (Lipinski definition) is 2. The third kappa shape index (κ3) is 4.94. The Morgan fingerprint density at radius 3 is 2.48 bits per heavy atom. The minimum atomic E-state index is -0.587. The molecule has 0 saturated heterocycles. The third-order valence-electron chi connectivity index (χ3n) is 4.24. The van der Waals surface area contributed by atoms with E-state index in [2.05, 4.69) is 10.6 Å². The quantitative estimate of drug-likeness (QED) is 0.809. The molecule has 5 nitrogen and oxygen atoms in total. The van der Waals surface area contributed by atoms with Crippen molar-refractivity contribution in [1.82, 2.24) is 15.5 Å². The second-order valence-corrected chi connectivity index (χ2v) is 6.57. The summed E-state index contributed by atoms with van der Waals surface area (Å²) in [5.74, 6) is -1.13. The lowest BCUT2D eigenvalue weighted by molar-refractivity contribution is -0.139. The first-order valence-corrected chi connectivity index (χ1v) is 8.36. The highest BCUT2D eigenvalue weighted by Crippen LogP contribution is 2.25. The van der Waals surface area contributed by atoms with E-state index in [4.69, 9.17) is 11.6 Å². The minimum Gasteiger partial charge on any atom is -0.346 e. The lowest BCUT2D eigenvalue weighted by Gasteiger charge is -2.26. The van der Waals surface area contributed by atoms with Crippen molar-refractivity contribution in [2.45, 2.75) is 37.8 Å². The Balaban J connectivity index is 1.92. The van der Waals surface area contributed by atoms with Gasteiger partial charge >= 0.3 is 11.8 Å². The summed E-state index contributed by atoms with van der Waals surface area (Å²) in [4.78, 5) is 25.9. The van der Waals surface area contributed by atoms with E-state index in [0.717, 1.165) is 31.2 Å². The van der Waals surface area contributed by atoms with Crippen LogP contribution in [0.25, 0.3) is 0 Å². The summed E-state index contributed by atoms with van der Waals surface area (Å²) in [6.45, 7) is 0.327. The fourth-order valence-corrected chi connectivity index (χ4v) is 3.17.